The molecule has 0 saturated heterocycles. The van der Waals surface area contributed by atoms with Crippen LogP contribution in [0.2, 0.25) is 0 Å². The first-order valence-corrected chi connectivity index (χ1v) is 10.8. The quantitative estimate of drug-likeness (QED) is 0.579. The minimum absolute atomic E-state index is 0.0145. The minimum atomic E-state index is -1.45. The van der Waals surface area contributed by atoms with E-state index in [0.29, 0.717) is 11.1 Å². The first kappa shape index (κ1) is 22.8. The number of aliphatic hydroxyl groups is 2. The van der Waals surface area contributed by atoms with E-state index < -0.39 is 29.7 Å². The topological polar surface area (TPSA) is 88.0 Å². The van der Waals surface area contributed by atoms with Crippen LogP contribution in [0.25, 0.3) is 0 Å². The number of halogens is 2. The Kier molecular flexibility index (Phi) is 6.85. The molecule has 8 heteroatoms. The summed E-state index contributed by atoms with van der Waals surface area (Å²) in [4.78, 5) is 13.2. The van der Waals surface area contributed by atoms with Crippen LogP contribution < -0.4 is 5.32 Å². The summed E-state index contributed by atoms with van der Waals surface area (Å²) in [6, 6.07) is 11.9. The number of benzene rings is 2. The van der Waals surface area contributed by atoms with Crippen LogP contribution in [0.1, 0.15) is 36.8 Å². The summed E-state index contributed by atoms with van der Waals surface area (Å²) in [5.74, 6) is -1.20. The smallest absolute Gasteiger partial charge is 0.252 e. The molecule has 0 heterocycles. The molecule has 1 unspecified atom stereocenters. The Morgan fingerprint density at radius 1 is 1.03 bits per heavy atom. The van der Waals surface area contributed by atoms with Crippen LogP contribution in [0.4, 0.5) is 8.78 Å². The van der Waals surface area contributed by atoms with Gasteiger partial charge in [0.2, 0.25) is 0 Å². The molecule has 2 aromatic rings. The zero-order valence-corrected chi connectivity index (χ0v) is 17.5. The number of carbonyl (C=O) groups is 1. The highest BCUT2D eigenvalue weighted by Crippen LogP contribution is 2.36. The summed E-state index contributed by atoms with van der Waals surface area (Å²) >= 11 is 0. The third-order valence-corrected chi connectivity index (χ3v) is 6.01. The Labute approximate surface area is 185 Å². The molecule has 2 aliphatic carbocycles. The van der Waals surface area contributed by atoms with Gasteiger partial charge in [0, 0.05) is 24.4 Å². The van der Waals surface area contributed by atoms with Crippen molar-refractivity contribution in [3.63, 3.8) is 0 Å². The molecule has 0 spiro atoms. The summed E-state index contributed by atoms with van der Waals surface area (Å²) in [5.41, 5.74) is -0.482. The van der Waals surface area contributed by atoms with Crippen LogP contribution in [-0.4, -0.2) is 46.1 Å². The first-order valence-electron chi connectivity index (χ1n) is 10.8. The number of carbonyl (C=O) groups excluding carboxylic acids is 1. The predicted molar refractivity (Wildman–Crippen MR) is 111 cm³/mol. The Morgan fingerprint density at radius 2 is 1.75 bits per heavy atom. The van der Waals surface area contributed by atoms with Crippen molar-refractivity contribution in [2.45, 2.75) is 68.9 Å². The van der Waals surface area contributed by atoms with Crippen LogP contribution in [0.5, 0.6) is 0 Å². The van der Waals surface area contributed by atoms with E-state index in [-0.39, 0.29) is 43.8 Å². The fraction of sp³-hybridized carbons (Fsp3) is 0.458. The highest BCUT2D eigenvalue weighted by Gasteiger charge is 2.52. The second-order valence-electron chi connectivity index (χ2n) is 8.56. The largest absolute Gasteiger partial charge is 0.390 e. The molecule has 0 radical (unpaired) electrons. The van der Waals surface area contributed by atoms with E-state index >= 15 is 0 Å². The van der Waals surface area contributed by atoms with E-state index in [1.54, 1.807) is 30.3 Å². The molecule has 2 fully saturated rings. The van der Waals surface area contributed by atoms with Crippen LogP contribution in [0.3, 0.4) is 0 Å². The lowest BCUT2D eigenvalue weighted by Gasteiger charge is -2.44. The van der Waals surface area contributed by atoms with Gasteiger partial charge < -0.3 is 25.0 Å². The van der Waals surface area contributed by atoms with Gasteiger partial charge in [-0.2, -0.15) is 0 Å². The fourth-order valence-electron chi connectivity index (χ4n) is 3.92. The van der Waals surface area contributed by atoms with Gasteiger partial charge in [0.15, 0.2) is 5.60 Å². The number of rotatable bonds is 8. The standard InChI is InChI=1S/C24H27F2NO5/c25-17-7-5-15(6-8-17)13-32-24(23(30)27-18-9-10-18)11-20(28)22(29)21(12-24)31-14-16-3-1-2-4-19(16)26/h1-8,18,20-22,28-29H,9-14H2,(H,27,30)/t20-,21?,22-,24+/m1/s1. The van der Waals surface area contributed by atoms with Crippen molar-refractivity contribution in [2.24, 2.45) is 0 Å². The van der Waals surface area contributed by atoms with Gasteiger partial charge in [-0.3, -0.25) is 4.79 Å². The maximum atomic E-state index is 14.0. The number of ether oxygens (including phenoxy) is 2. The predicted octanol–water partition coefficient (Wildman–Crippen LogP) is 2.60. The van der Waals surface area contributed by atoms with Crippen molar-refractivity contribution >= 4 is 5.91 Å². The lowest BCUT2D eigenvalue weighted by molar-refractivity contribution is -0.200. The van der Waals surface area contributed by atoms with E-state index in [1.165, 1.54) is 18.2 Å². The lowest BCUT2D eigenvalue weighted by Crippen LogP contribution is -2.60. The lowest BCUT2D eigenvalue weighted by atomic mass is 9.78. The molecule has 6 nitrogen and oxygen atoms in total. The van der Waals surface area contributed by atoms with Crippen molar-refractivity contribution in [2.75, 3.05) is 0 Å². The number of nitrogens with one attached hydrogen (secondary N) is 1. The molecule has 32 heavy (non-hydrogen) atoms. The fourth-order valence-corrected chi connectivity index (χ4v) is 3.92. The molecule has 172 valence electrons. The maximum Gasteiger partial charge on any atom is 0.252 e. The average molecular weight is 447 g/mol. The van der Waals surface area contributed by atoms with E-state index in [1.807, 2.05) is 0 Å². The molecular weight excluding hydrogens is 420 g/mol. The Hall–Kier alpha value is -2.39. The molecule has 0 bridgehead atoms. The van der Waals surface area contributed by atoms with Gasteiger partial charge in [-0.05, 0) is 36.6 Å². The van der Waals surface area contributed by atoms with Crippen molar-refractivity contribution in [3.05, 3.63) is 71.3 Å². The average Bonchev–Trinajstić information content (AvgIpc) is 3.59. The van der Waals surface area contributed by atoms with Crippen LogP contribution in [-0.2, 0) is 27.5 Å². The van der Waals surface area contributed by atoms with Crippen molar-refractivity contribution < 1.29 is 33.3 Å². The molecular formula is C24H27F2NO5. The summed E-state index contributed by atoms with van der Waals surface area (Å²) < 4.78 is 39.0. The monoisotopic (exact) mass is 447 g/mol. The zero-order valence-electron chi connectivity index (χ0n) is 17.5. The summed E-state index contributed by atoms with van der Waals surface area (Å²) in [6.45, 7) is -0.110. The van der Waals surface area contributed by atoms with Gasteiger partial charge in [-0.1, -0.05) is 30.3 Å². The molecule has 3 N–H and O–H groups in total. The number of amides is 1. The molecule has 1 amide bonds. The minimum Gasteiger partial charge on any atom is -0.390 e. The Balaban J connectivity index is 1.52. The van der Waals surface area contributed by atoms with E-state index in [2.05, 4.69) is 5.32 Å². The third-order valence-electron chi connectivity index (χ3n) is 6.01. The molecule has 2 saturated carbocycles. The van der Waals surface area contributed by atoms with E-state index in [0.717, 1.165) is 12.8 Å². The van der Waals surface area contributed by atoms with Crippen LogP contribution in [0, 0.1) is 11.6 Å². The molecule has 0 aromatic heterocycles. The van der Waals surface area contributed by atoms with Gasteiger partial charge in [0.1, 0.15) is 17.7 Å². The van der Waals surface area contributed by atoms with Gasteiger partial charge in [-0.15, -0.1) is 0 Å². The normalized spacial score (nSPS) is 27.8. The SMILES string of the molecule is O=C(NC1CC1)[C@@]1(OCc2ccc(F)cc2)CC(OCc2ccccc2F)[C@H](O)[C@H](O)C1. The van der Waals surface area contributed by atoms with Crippen LogP contribution >= 0.6 is 0 Å². The Bertz CT molecular complexity index is 936. The summed E-state index contributed by atoms with van der Waals surface area (Å²) in [5, 5.41) is 24.0. The molecule has 2 aromatic carbocycles. The van der Waals surface area contributed by atoms with Gasteiger partial charge >= 0.3 is 0 Å². The summed E-state index contributed by atoms with van der Waals surface area (Å²) in [7, 11) is 0. The van der Waals surface area contributed by atoms with Gasteiger partial charge in [0.25, 0.3) is 5.91 Å². The highest BCUT2D eigenvalue weighted by atomic mass is 19.1. The second-order valence-corrected chi connectivity index (χ2v) is 8.56. The Morgan fingerprint density at radius 3 is 2.44 bits per heavy atom. The molecule has 2 aliphatic rings. The van der Waals surface area contributed by atoms with Crippen molar-refractivity contribution in [1.82, 2.24) is 5.32 Å². The number of hydrogen-bond acceptors (Lipinski definition) is 5. The zero-order chi connectivity index (χ0) is 22.7. The third kappa shape index (κ3) is 5.32. The summed E-state index contributed by atoms with van der Waals surface area (Å²) in [6.07, 6.45) is -1.86. The highest BCUT2D eigenvalue weighted by molar-refractivity contribution is 5.86. The maximum absolute atomic E-state index is 14.0. The molecule has 4 atom stereocenters. The van der Waals surface area contributed by atoms with E-state index in [9.17, 15) is 23.8 Å². The van der Waals surface area contributed by atoms with Gasteiger partial charge in [-0.25, -0.2) is 8.78 Å². The van der Waals surface area contributed by atoms with Crippen molar-refractivity contribution in [1.29, 1.82) is 0 Å². The molecule has 0 aliphatic heterocycles. The number of hydrogen-bond donors (Lipinski definition) is 3. The van der Waals surface area contributed by atoms with Gasteiger partial charge in [0.05, 0.1) is 25.4 Å². The van der Waals surface area contributed by atoms with Crippen molar-refractivity contribution in [3.8, 4) is 0 Å². The van der Waals surface area contributed by atoms with E-state index in [4.69, 9.17) is 9.47 Å². The number of aliphatic hydroxyl groups excluding tert-OH is 2. The second kappa shape index (κ2) is 9.62. The first-order chi connectivity index (χ1) is 15.4. The van der Waals surface area contributed by atoms with Crippen LogP contribution in [0.15, 0.2) is 48.5 Å². The molecule has 4 rings (SSSR count).